The van der Waals surface area contributed by atoms with Crippen LogP contribution in [0.1, 0.15) is 17.3 Å². The summed E-state index contributed by atoms with van der Waals surface area (Å²) in [5.74, 6) is 2.07. The zero-order valence-electron chi connectivity index (χ0n) is 13.0. The number of ketones is 1. The van der Waals surface area contributed by atoms with Crippen molar-refractivity contribution in [3.05, 3.63) is 42.1 Å². The Bertz CT molecular complexity index is 700. The summed E-state index contributed by atoms with van der Waals surface area (Å²) in [5, 5.41) is 0. The lowest BCUT2D eigenvalue weighted by Crippen LogP contribution is -2.32. The molecule has 1 aromatic rings. The van der Waals surface area contributed by atoms with Gasteiger partial charge in [-0.15, -0.1) is 6.42 Å². The average molecular weight is 320 g/mol. The van der Waals surface area contributed by atoms with Gasteiger partial charge in [-0.2, -0.15) is 0 Å². The molecule has 0 aliphatic rings. The molecule has 5 nitrogen and oxygen atoms in total. The summed E-state index contributed by atoms with van der Waals surface area (Å²) in [6.45, 7) is 1.48. The number of allylic oxidation sites excluding steroid dienone is 1. The van der Waals surface area contributed by atoms with Crippen LogP contribution in [-0.2, 0) is 10.0 Å². The minimum Gasteiger partial charge on any atom is -0.383 e. The summed E-state index contributed by atoms with van der Waals surface area (Å²) in [7, 11) is 0.126. The van der Waals surface area contributed by atoms with Gasteiger partial charge in [-0.25, -0.2) is 8.42 Å². The molecule has 0 saturated heterocycles. The van der Waals surface area contributed by atoms with Crippen molar-refractivity contribution in [2.75, 3.05) is 30.7 Å². The zero-order chi connectivity index (χ0) is 16.8. The van der Waals surface area contributed by atoms with E-state index >= 15 is 0 Å². The van der Waals surface area contributed by atoms with E-state index in [1.54, 1.807) is 36.2 Å². The fraction of sp³-hybridized carbons (Fsp3) is 0.312. The molecule has 0 spiro atoms. The smallest absolute Gasteiger partial charge is 0.235 e. The van der Waals surface area contributed by atoms with Gasteiger partial charge < -0.3 is 4.90 Å². The quantitative estimate of drug-likeness (QED) is 0.436. The molecule has 0 aliphatic carbocycles. The van der Waals surface area contributed by atoms with Gasteiger partial charge >= 0.3 is 0 Å². The Kier molecular flexibility index (Phi) is 6.20. The van der Waals surface area contributed by atoms with Gasteiger partial charge in [-0.05, 0) is 19.1 Å². The van der Waals surface area contributed by atoms with Crippen molar-refractivity contribution >= 4 is 21.5 Å². The van der Waals surface area contributed by atoms with Crippen LogP contribution in [0.15, 0.2) is 36.5 Å². The van der Waals surface area contributed by atoms with Crippen LogP contribution in [0, 0.1) is 12.3 Å². The third kappa shape index (κ3) is 4.64. The van der Waals surface area contributed by atoms with E-state index in [2.05, 4.69) is 5.92 Å². The number of carbonyl (C=O) groups is 1. The third-order valence-electron chi connectivity index (χ3n) is 2.88. The number of sulfonamides is 1. The molecule has 0 heterocycles. The van der Waals surface area contributed by atoms with Gasteiger partial charge in [0.2, 0.25) is 10.0 Å². The molecule has 0 unspecified atom stereocenters. The van der Waals surface area contributed by atoms with Crippen LogP contribution in [0.3, 0.4) is 0 Å². The Hall–Kier alpha value is -2.26. The summed E-state index contributed by atoms with van der Waals surface area (Å²) in [6.07, 6.45) is 8.32. The summed E-state index contributed by atoms with van der Waals surface area (Å²) in [4.78, 5) is 13.8. The molecular formula is C16H20N2O3S. The Morgan fingerprint density at radius 3 is 2.59 bits per heavy atom. The van der Waals surface area contributed by atoms with Crippen LogP contribution < -0.4 is 4.31 Å². The Labute approximate surface area is 132 Å². The number of rotatable bonds is 7. The third-order valence-corrected chi connectivity index (χ3v) is 4.62. The maximum Gasteiger partial charge on any atom is 0.235 e. The van der Waals surface area contributed by atoms with Crippen molar-refractivity contribution in [3.63, 3.8) is 0 Å². The minimum absolute atomic E-state index is 0.0621. The Balaban J connectivity index is 3.19. The van der Waals surface area contributed by atoms with Gasteiger partial charge in [0.25, 0.3) is 0 Å². The molecule has 0 atom stereocenters. The first-order valence-corrected chi connectivity index (χ1v) is 8.35. The van der Waals surface area contributed by atoms with E-state index in [1.165, 1.54) is 12.1 Å². The van der Waals surface area contributed by atoms with Crippen molar-refractivity contribution in [2.24, 2.45) is 0 Å². The standard InChI is InChI=1S/C16H20N2O3S/c1-5-11-18(22(20,21)6-2)15-9-7-8-14(13-15)16(19)10-12-17(3)4/h1,7-10,12-13H,6,11H2,2-4H3. The van der Waals surface area contributed by atoms with Gasteiger partial charge in [-0.1, -0.05) is 18.1 Å². The van der Waals surface area contributed by atoms with E-state index in [0.717, 1.165) is 4.31 Å². The van der Waals surface area contributed by atoms with E-state index < -0.39 is 10.0 Å². The van der Waals surface area contributed by atoms with Gasteiger partial charge in [0.15, 0.2) is 5.78 Å². The van der Waals surface area contributed by atoms with Crippen molar-refractivity contribution in [3.8, 4) is 12.3 Å². The number of carbonyl (C=O) groups excluding carboxylic acids is 1. The molecule has 6 heteroatoms. The molecule has 1 aromatic carbocycles. The lowest BCUT2D eigenvalue weighted by atomic mass is 10.1. The molecule has 22 heavy (non-hydrogen) atoms. The summed E-state index contributed by atoms with van der Waals surface area (Å²) in [5.41, 5.74) is 0.799. The highest BCUT2D eigenvalue weighted by Gasteiger charge is 2.20. The number of nitrogens with zero attached hydrogens (tertiary/aromatic N) is 2. The normalized spacial score (nSPS) is 11.2. The first-order chi connectivity index (χ1) is 10.3. The molecule has 0 aromatic heterocycles. The lowest BCUT2D eigenvalue weighted by Gasteiger charge is -2.21. The van der Waals surface area contributed by atoms with Crippen LogP contribution >= 0.6 is 0 Å². The molecule has 0 saturated carbocycles. The number of benzene rings is 1. The van der Waals surface area contributed by atoms with Crippen LogP contribution in [0.2, 0.25) is 0 Å². The zero-order valence-corrected chi connectivity index (χ0v) is 13.8. The van der Waals surface area contributed by atoms with Crippen molar-refractivity contribution in [2.45, 2.75) is 6.92 Å². The summed E-state index contributed by atoms with van der Waals surface area (Å²) in [6, 6.07) is 6.43. The van der Waals surface area contributed by atoms with Crippen molar-refractivity contribution in [1.29, 1.82) is 0 Å². The highest BCUT2D eigenvalue weighted by atomic mass is 32.2. The molecule has 0 aliphatic heterocycles. The second-order valence-electron chi connectivity index (χ2n) is 4.81. The fourth-order valence-corrected chi connectivity index (χ4v) is 2.73. The Morgan fingerprint density at radius 2 is 2.05 bits per heavy atom. The highest BCUT2D eigenvalue weighted by molar-refractivity contribution is 7.92. The van der Waals surface area contributed by atoms with E-state index in [9.17, 15) is 13.2 Å². The van der Waals surface area contributed by atoms with Gasteiger partial charge in [-0.3, -0.25) is 9.10 Å². The lowest BCUT2D eigenvalue weighted by molar-refractivity contribution is 0.104. The van der Waals surface area contributed by atoms with Crippen molar-refractivity contribution in [1.82, 2.24) is 4.90 Å². The number of hydrogen-bond donors (Lipinski definition) is 0. The second-order valence-corrected chi connectivity index (χ2v) is 6.99. The van der Waals surface area contributed by atoms with Crippen LogP contribution in [-0.4, -0.2) is 45.5 Å². The first kappa shape index (κ1) is 17.8. The molecule has 1 rings (SSSR count). The van der Waals surface area contributed by atoms with E-state index in [-0.39, 0.29) is 18.1 Å². The molecule has 118 valence electrons. The molecule has 0 bridgehead atoms. The molecule has 0 fully saturated rings. The molecule has 0 amide bonds. The highest BCUT2D eigenvalue weighted by Crippen LogP contribution is 2.20. The molecule has 0 N–H and O–H groups in total. The maximum absolute atomic E-state index is 12.1. The fourth-order valence-electron chi connectivity index (χ4n) is 1.72. The molecular weight excluding hydrogens is 300 g/mol. The predicted octanol–water partition coefficient (Wildman–Crippen LogP) is 1.73. The van der Waals surface area contributed by atoms with E-state index in [0.29, 0.717) is 11.3 Å². The first-order valence-electron chi connectivity index (χ1n) is 6.74. The van der Waals surface area contributed by atoms with Gasteiger partial charge in [0.05, 0.1) is 18.0 Å². The van der Waals surface area contributed by atoms with Crippen LogP contribution in [0.25, 0.3) is 0 Å². The van der Waals surface area contributed by atoms with Gasteiger partial charge in [0, 0.05) is 31.9 Å². The van der Waals surface area contributed by atoms with E-state index in [4.69, 9.17) is 6.42 Å². The number of anilines is 1. The Morgan fingerprint density at radius 1 is 1.36 bits per heavy atom. The SMILES string of the molecule is C#CCN(c1cccc(C(=O)C=CN(C)C)c1)S(=O)(=O)CC. The second kappa shape index (κ2) is 7.66. The monoisotopic (exact) mass is 320 g/mol. The van der Waals surface area contributed by atoms with Crippen LogP contribution in [0.4, 0.5) is 5.69 Å². The van der Waals surface area contributed by atoms with Crippen LogP contribution in [0.5, 0.6) is 0 Å². The summed E-state index contributed by atoms with van der Waals surface area (Å²) < 4.78 is 25.4. The maximum atomic E-state index is 12.1. The summed E-state index contributed by atoms with van der Waals surface area (Å²) >= 11 is 0. The largest absolute Gasteiger partial charge is 0.383 e. The van der Waals surface area contributed by atoms with E-state index in [1.807, 2.05) is 14.1 Å². The van der Waals surface area contributed by atoms with Crippen molar-refractivity contribution < 1.29 is 13.2 Å². The predicted molar refractivity (Wildman–Crippen MR) is 89.2 cm³/mol. The minimum atomic E-state index is -3.49. The topological polar surface area (TPSA) is 57.7 Å². The number of terminal acetylenes is 1. The molecule has 0 radical (unpaired) electrons. The average Bonchev–Trinajstić information content (AvgIpc) is 2.50. The van der Waals surface area contributed by atoms with Gasteiger partial charge in [0.1, 0.15) is 0 Å². The number of hydrogen-bond acceptors (Lipinski definition) is 4.